The van der Waals surface area contributed by atoms with E-state index in [9.17, 15) is 22.8 Å². The van der Waals surface area contributed by atoms with Crippen LogP contribution in [0.4, 0.5) is 22.0 Å². The molecular weight excluding hydrogens is 647 g/mol. The Morgan fingerprint density at radius 3 is 2.31 bits per heavy atom. The van der Waals surface area contributed by atoms with Gasteiger partial charge in [0.1, 0.15) is 11.6 Å². The quantitative estimate of drug-likeness (QED) is 0.0973. The number of carbonyl (C=O) groups is 1. The van der Waals surface area contributed by atoms with Gasteiger partial charge >= 0.3 is 12.1 Å². The topological polar surface area (TPSA) is 60.3 Å². The number of pyridine rings is 1. The highest BCUT2D eigenvalue weighted by Gasteiger charge is 2.48. The molecule has 3 aromatic carbocycles. The maximum atomic E-state index is 15.4. The van der Waals surface area contributed by atoms with Crippen LogP contribution < -0.4 is 10.9 Å². The van der Waals surface area contributed by atoms with Crippen LogP contribution >= 0.6 is 11.8 Å². The average Bonchev–Trinajstić information content (AvgIpc) is 3.31. The van der Waals surface area contributed by atoms with Crippen molar-refractivity contribution in [2.75, 3.05) is 13.2 Å². The number of nitrogens with one attached hydrogen (secondary N) is 1. The summed E-state index contributed by atoms with van der Waals surface area (Å²) in [5.41, 5.74) is -0.694. The number of rotatable bonds is 11. The number of hydrogen-bond donors (Lipinski definition) is 1. The minimum atomic E-state index is -4.82. The van der Waals surface area contributed by atoms with Gasteiger partial charge in [-0.1, -0.05) is 66.4 Å². The minimum Gasteiger partial charge on any atom is -0.466 e. The zero-order valence-corrected chi connectivity index (χ0v) is 27.9. The fraction of sp³-hybridized carbons (Fsp3) is 0.351. The van der Waals surface area contributed by atoms with Gasteiger partial charge in [0.15, 0.2) is 0 Å². The molecule has 0 aliphatic carbocycles. The SMILES string of the molecule is CCOC(=O)CCCNC(c1ccccc1)C1n2c(c(Cc3c(F)cccc3C(F)(F)F)c(C)c(-c3ccccc3F)c2=O)SC1(C)C. The van der Waals surface area contributed by atoms with E-state index >= 15 is 8.78 Å². The number of esters is 1. The second-order valence-corrected chi connectivity index (χ2v) is 13.9. The fourth-order valence-corrected chi connectivity index (χ4v) is 8.03. The normalized spacial score (nSPS) is 16.1. The molecule has 0 saturated carbocycles. The number of hydrogen-bond acceptors (Lipinski definition) is 5. The number of ether oxygens (including phenoxy) is 1. The third kappa shape index (κ3) is 7.08. The molecule has 1 aromatic heterocycles. The Labute approximate surface area is 280 Å². The zero-order chi connectivity index (χ0) is 34.8. The summed E-state index contributed by atoms with van der Waals surface area (Å²) >= 11 is 1.33. The van der Waals surface area contributed by atoms with Crippen LogP contribution in [-0.2, 0) is 22.1 Å². The maximum Gasteiger partial charge on any atom is 0.416 e. The summed E-state index contributed by atoms with van der Waals surface area (Å²) in [6.07, 6.45) is -4.65. The molecule has 1 aliphatic rings. The molecule has 2 unspecified atom stereocenters. The number of benzene rings is 3. The monoisotopic (exact) mass is 684 g/mol. The van der Waals surface area contributed by atoms with Crippen molar-refractivity contribution in [3.8, 4) is 11.1 Å². The molecule has 0 radical (unpaired) electrons. The molecule has 0 saturated heterocycles. The highest BCUT2D eigenvalue weighted by molar-refractivity contribution is 8.00. The molecule has 11 heteroatoms. The summed E-state index contributed by atoms with van der Waals surface area (Å²) in [7, 11) is 0. The van der Waals surface area contributed by atoms with E-state index in [1.807, 2.05) is 44.2 Å². The summed E-state index contributed by atoms with van der Waals surface area (Å²) in [6, 6.07) is 16.9. The Hall–Kier alpha value is -3.96. The van der Waals surface area contributed by atoms with E-state index < -0.39 is 57.7 Å². The predicted octanol–water partition coefficient (Wildman–Crippen LogP) is 8.81. The average molecular weight is 685 g/mol. The molecule has 1 N–H and O–H groups in total. The van der Waals surface area contributed by atoms with Crippen molar-refractivity contribution >= 4 is 17.7 Å². The first kappa shape index (κ1) is 35.3. The molecule has 5 nitrogen and oxygen atoms in total. The number of fused-ring (bicyclic) bond motifs is 1. The van der Waals surface area contributed by atoms with Crippen molar-refractivity contribution in [1.82, 2.24) is 9.88 Å². The van der Waals surface area contributed by atoms with Crippen LogP contribution in [0.25, 0.3) is 11.1 Å². The summed E-state index contributed by atoms with van der Waals surface area (Å²) in [5.74, 6) is -2.01. The lowest BCUT2D eigenvalue weighted by molar-refractivity contribution is -0.143. The van der Waals surface area contributed by atoms with Crippen LogP contribution in [0.2, 0.25) is 0 Å². The number of carbonyl (C=O) groups excluding carboxylic acids is 1. The second-order valence-electron chi connectivity index (χ2n) is 12.3. The van der Waals surface area contributed by atoms with Gasteiger partial charge in [0.25, 0.3) is 5.56 Å². The van der Waals surface area contributed by atoms with E-state index in [1.54, 1.807) is 24.5 Å². The van der Waals surface area contributed by atoms with Crippen molar-refractivity contribution in [1.29, 1.82) is 0 Å². The van der Waals surface area contributed by atoms with E-state index in [4.69, 9.17) is 4.74 Å². The van der Waals surface area contributed by atoms with Gasteiger partial charge in [0.05, 0.1) is 34.8 Å². The lowest BCUT2D eigenvalue weighted by Crippen LogP contribution is -2.42. The first-order valence-corrected chi connectivity index (χ1v) is 16.6. The van der Waals surface area contributed by atoms with Crippen molar-refractivity contribution < 1.29 is 31.5 Å². The Morgan fingerprint density at radius 2 is 1.65 bits per heavy atom. The third-order valence-electron chi connectivity index (χ3n) is 8.71. The van der Waals surface area contributed by atoms with Crippen molar-refractivity contribution in [2.45, 2.75) is 75.0 Å². The van der Waals surface area contributed by atoms with Crippen molar-refractivity contribution in [3.05, 3.63) is 123 Å². The Morgan fingerprint density at radius 1 is 0.979 bits per heavy atom. The van der Waals surface area contributed by atoms with E-state index in [0.29, 0.717) is 23.6 Å². The van der Waals surface area contributed by atoms with Gasteiger partial charge < -0.3 is 10.1 Å². The first-order valence-electron chi connectivity index (χ1n) is 15.8. The number of halogens is 5. The first-order chi connectivity index (χ1) is 22.8. The highest BCUT2D eigenvalue weighted by atomic mass is 32.2. The van der Waals surface area contributed by atoms with Gasteiger partial charge in [-0.25, -0.2) is 8.78 Å². The molecule has 4 aromatic rings. The van der Waals surface area contributed by atoms with Gasteiger partial charge in [-0.15, -0.1) is 0 Å². The molecule has 2 heterocycles. The van der Waals surface area contributed by atoms with Crippen LogP contribution in [-0.4, -0.2) is 28.4 Å². The molecule has 0 fully saturated rings. The number of aromatic nitrogens is 1. The third-order valence-corrected chi connectivity index (χ3v) is 10.1. The highest BCUT2D eigenvalue weighted by Crippen LogP contribution is 2.55. The molecule has 2 atom stereocenters. The second kappa shape index (κ2) is 14.3. The number of nitrogens with zero attached hydrogens (tertiary/aromatic N) is 1. The molecule has 5 rings (SSSR count). The largest absolute Gasteiger partial charge is 0.466 e. The summed E-state index contributed by atoms with van der Waals surface area (Å²) in [4.78, 5) is 26.7. The van der Waals surface area contributed by atoms with Gasteiger partial charge in [0.2, 0.25) is 0 Å². The number of alkyl halides is 3. The maximum absolute atomic E-state index is 15.4. The van der Waals surface area contributed by atoms with Gasteiger partial charge in [-0.2, -0.15) is 13.2 Å². The Kier molecular flexibility index (Phi) is 10.5. The number of thioether (sulfide) groups is 1. The molecule has 254 valence electrons. The summed E-state index contributed by atoms with van der Waals surface area (Å²) in [5, 5.41) is 3.93. The van der Waals surface area contributed by atoms with E-state index in [2.05, 4.69) is 5.32 Å². The van der Waals surface area contributed by atoms with Crippen molar-refractivity contribution in [3.63, 3.8) is 0 Å². The Balaban J connectivity index is 1.73. The lowest BCUT2D eigenvalue weighted by Gasteiger charge is -2.35. The van der Waals surface area contributed by atoms with Gasteiger partial charge in [0, 0.05) is 28.7 Å². The zero-order valence-electron chi connectivity index (χ0n) is 27.1. The van der Waals surface area contributed by atoms with E-state index in [1.165, 1.54) is 30.0 Å². The van der Waals surface area contributed by atoms with Crippen molar-refractivity contribution in [2.24, 2.45) is 0 Å². The van der Waals surface area contributed by atoms with Crippen LogP contribution in [0.1, 0.15) is 73.5 Å². The molecule has 1 aliphatic heterocycles. The molecule has 0 spiro atoms. The molecule has 0 bridgehead atoms. The van der Waals surface area contributed by atoms with Crippen LogP contribution in [0.15, 0.2) is 82.6 Å². The molecular formula is C37H37F5N2O3S. The molecule has 48 heavy (non-hydrogen) atoms. The summed E-state index contributed by atoms with van der Waals surface area (Å²) in [6.45, 7) is 7.86. The van der Waals surface area contributed by atoms with Crippen LogP contribution in [0, 0.1) is 18.6 Å². The predicted molar refractivity (Wildman–Crippen MR) is 177 cm³/mol. The van der Waals surface area contributed by atoms with Crippen LogP contribution in [0.5, 0.6) is 0 Å². The summed E-state index contributed by atoms with van der Waals surface area (Å²) < 4.78 is 79.1. The standard InChI is InChI=1S/C37H37F5N2O3S/c1-5-47-30(45)19-12-20-43-32(23-13-7-6-8-14-23)33-36(3,4)48-35-25(21-26-27(37(40,41)42)16-11-18-29(26)39)22(2)31(34(46)44(33)35)24-15-9-10-17-28(24)38/h6-11,13-18,32-33,43H,5,12,19-21H2,1-4H3. The minimum absolute atomic E-state index is 0.00763. The van der Waals surface area contributed by atoms with E-state index in [0.717, 1.165) is 23.8 Å². The Bertz CT molecular complexity index is 1860. The lowest BCUT2D eigenvalue weighted by atomic mass is 9.88. The van der Waals surface area contributed by atoms with Gasteiger partial charge in [-0.3, -0.25) is 14.2 Å². The van der Waals surface area contributed by atoms with E-state index in [-0.39, 0.29) is 35.7 Å². The smallest absolute Gasteiger partial charge is 0.416 e. The fourth-order valence-electron chi connectivity index (χ4n) is 6.53. The molecule has 0 amide bonds. The van der Waals surface area contributed by atoms with Crippen LogP contribution in [0.3, 0.4) is 0 Å². The van der Waals surface area contributed by atoms with Gasteiger partial charge in [-0.05, 0) is 75.5 Å².